The van der Waals surface area contributed by atoms with Crippen LogP contribution in [-0.4, -0.2) is 4.57 Å². The maximum Gasteiger partial charge on any atom is 0.0544 e. The van der Waals surface area contributed by atoms with Gasteiger partial charge in [-0.25, -0.2) is 0 Å². The fraction of sp³-hybridized carbons (Fsp3) is 0.438. The Hall–Kier alpha value is -2.54. The molecule has 168 valence electrons. The molecule has 3 aromatic carbocycles. The highest BCUT2D eigenvalue weighted by Crippen LogP contribution is 2.61. The van der Waals surface area contributed by atoms with E-state index in [4.69, 9.17) is 0 Å². The monoisotopic (exact) mass is 433 g/mol. The number of benzene rings is 3. The smallest absolute Gasteiger partial charge is 0.0544 e. The van der Waals surface area contributed by atoms with Gasteiger partial charge in [-0.15, -0.1) is 0 Å². The molecule has 0 saturated heterocycles. The van der Waals surface area contributed by atoms with E-state index in [9.17, 15) is 0 Å². The van der Waals surface area contributed by atoms with E-state index in [1.165, 1.54) is 71.6 Å². The average Bonchev–Trinajstić information content (AvgIpc) is 3.11. The number of para-hydroxylation sites is 1. The molecule has 4 saturated carbocycles. The number of nitrogens with zero attached hydrogens (tertiary/aromatic N) is 1. The molecule has 0 N–H and O–H groups in total. The Balaban J connectivity index is 1.48. The van der Waals surface area contributed by atoms with E-state index in [-0.39, 0.29) is 5.41 Å². The Bertz CT molecular complexity index is 1330. The number of hydrogen-bond acceptors (Lipinski definition) is 0. The first-order valence-corrected chi connectivity index (χ1v) is 13.0. The zero-order chi connectivity index (χ0) is 22.4. The molecule has 0 spiro atoms. The van der Waals surface area contributed by atoms with Crippen molar-refractivity contribution in [3.05, 3.63) is 77.9 Å². The predicted molar refractivity (Wildman–Crippen MR) is 139 cm³/mol. The van der Waals surface area contributed by atoms with Gasteiger partial charge in [0.2, 0.25) is 0 Å². The van der Waals surface area contributed by atoms with Gasteiger partial charge in [0.05, 0.1) is 11.0 Å². The number of aromatic nitrogens is 1. The molecule has 4 aliphatic rings. The Morgan fingerprint density at radius 3 is 1.88 bits per heavy atom. The van der Waals surface area contributed by atoms with Crippen LogP contribution in [0.2, 0.25) is 0 Å². The molecule has 33 heavy (non-hydrogen) atoms. The second kappa shape index (κ2) is 6.75. The second-order valence-electron chi connectivity index (χ2n) is 12.6. The van der Waals surface area contributed by atoms with Crippen molar-refractivity contribution in [1.29, 1.82) is 0 Å². The molecule has 1 nitrogen and oxygen atoms in total. The van der Waals surface area contributed by atoms with Crippen molar-refractivity contribution >= 4 is 21.8 Å². The maximum absolute atomic E-state index is 2.59. The molecule has 4 fully saturated rings. The quantitative estimate of drug-likeness (QED) is 0.298. The van der Waals surface area contributed by atoms with Crippen LogP contribution < -0.4 is 0 Å². The molecule has 0 unspecified atom stereocenters. The first-order valence-electron chi connectivity index (χ1n) is 13.0. The topological polar surface area (TPSA) is 4.93 Å². The zero-order valence-corrected chi connectivity index (χ0v) is 20.3. The highest BCUT2D eigenvalue weighted by Gasteiger charge is 2.51. The summed E-state index contributed by atoms with van der Waals surface area (Å²) in [5, 5.41) is 2.77. The molecule has 0 atom stereocenters. The Labute approximate surface area is 197 Å². The van der Waals surface area contributed by atoms with Crippen LogP contribution in [0.4, 0.5) is 0 Å². The predicted octanol–water partition coefficient (Wildman–Crippen LogP) is 8.55. The third kappa shape index (κ3) is 2.97. The van der Waals surface area contributed by atoms with E-state index in [1.807, 2.05) is 0 Å². The van der Waals surface area contributed by atoms with Crippen molar-refractivity contribution in [2.75, 3.05) is 0 Å². The van der Waals surface area contributed by atoms with Crippen molar-refractivity contribution < 1.29 is 0 Å². The fourth-order valence-corrected chi connectivity index (χ4v) is 8.13. The summed E-state index contributed by atoms with van der Waals surface area (Å²) in [5.74, 6) is 2.92. The molecular weight excluding hydrogens is 398 g/mol. The van der Waals surface area contributed by atoms with E-state index in [1.54, 1.807) is 5.56 Å². The van der Waals surface area contributed by atoms with Crippen molar-refractivity contribution in [3.8, 4) is 5.69 Å². The van der Waals surface area contributed by atoms with E-state index < -0.39 is 0 Å². The molecule has 0 aliphatic heterocycles. The van der Waals surface area contributed by atoms with Crippen LogP contribution in [0.25, 0.3) is 27.5 Å². The van der Waals surface area contributed by atoms with Crippen LogP contribution in [-0.2, 0) is 10.8 Å². The van der Waals surface area contributed by atoms with Crippen LogP contribution in [0.5, 0.6) is 0 Å². The van der Waals surface area contributed by atoms with Crippen LogP contribution in [0.3, 0.4) is 0 Å². The molecular formula is C32H35N. The normalized spacial score (nSPS) is 28.8. The van der Waals surface area contributed by atoms with E-state index in [2.05, 4.69) is 92.1 Å². The van der Waals surface area contributed by atoms with Crippen LogP contribution >= 0.6 is 0 Å². The fourth-order valence-electron chi connectivity index (χ4n) is 8.13. The molecule has 0 radical (unpaired) electrons. The van der Waals surface area contributed by atoms with Gasteiger partial charge in [0, 0.05) is 16.5 Å². The van der Waals surface area contributed by atoms with Gasteiger partial charge in [-0.3, -0.25) is 0 Å². The summed E-state index contributed by atoms with van der Waals surface area (Å²) >= 11 is 0. The lowest BCUT2D eigenvalue weighted by atomic mass is 9.48. The van der Waals surface area contributed by atoms with E-state index >= 15 is 0 Å². The van der Waals surface area contributed by atoms with Crippen molar-refractivity contribution in [3.63, 3.8) is 0 Å². The third-order valence-electron chi connectivity index (χ3n) is 9.30. The zero-order valence-electron chi connectivity index (χ0n) is 20.3. The summed E-state index contributed by atoms with van der Waals surface area (Å²) in [6.45, 7) is 6.94. The Morgan fingerprint density at radius 1 is 0.697 bits per heavy atom. The van der Waals surface area contributed by atoms with Gasteiger partial charge in [-0.1, -0.05) is 63.2 Å². The Kier molecular flexibility index (Phi) is 4.07. The maximum atomic E-state index is 2.59. The van der Waals surface area contributed by atoms with Crippen molar-refractivity contribution in [1.82, 2.24) is 4.57 Å². The molecule has 4 aliphatic carbocycles. The summed E-state index contributed by atoms with van der Waals surface area (Å²) in [4.78, 5) is 0. The van der Waals surface area contributed by atoms with Crippen molar-refractivity contribution in [2.24, 2.45) is 17.8 Å². The van der Waals surface area contributed by atoms with Gasteiger partial charge in [0.25, 0.3) is 0 Å². The lowest BCUT2D eigenvalue weighted by Gasteiger charge is -2.57. The minimum Gasteiger partial charge on any atom is -0.309 e. The second-order valence-corrected chi connectivity index (χ2v) is 12.6. The van der Waals surface area contributed by atoms with Crippen LogP contribution in [0.15, 0.2) is 66.7 Å². The number of rotatable bonds is 2. The average molecular weight is 434 g/mol. The molecule has 8 rings (SSSR count). The van der Waals surface area contributed by atoms with Gasteiger partial charge < -0.3 is 4.57 Å². The number of hydrogen-bond donors (Lipinski definition) is 0. The highest BCUT2D eigenvalue weighted by molar-refractivity contribution is 6.09. The van der Waals surface area contributed by atoms with E-state index in [0.29, 0.717) is 5.41 Å². The van der Waals surface area contributed by atoms with E-state index in [0.717, 1.165) is 17.8 Å². The molecule has 0 amide bonds. The number of fused-ring (bicyclic) bond motifs is 3. The SMILES string of the molecule is CC(C)(C)c1ccc2c3ccc(C45CC6CC(CC(C6)C4)C5)cc3n(-c3ccccc3)c2c1. The Morgan fingerprint density at radius 2 is 1.27 bits per heavy atom. The standard InChI is InChI=1S/C32H35N/c1-31(2,3)24-9-11-27-28-12-10-25(32-18-21-13-22(19-32)15-23(14-21)20-32)17-30(28)33(29(27)16-24)26-7-5-4-6-8-26/h4-12,16-17,21-23H,13-15,18-20H2,1-3H3. The summed E-state index contributed by atoms with van der Waals surface area (Å²) in [5.41, 5.74) is 7.57. The first kappa shape index (κ1) is 19.9. The summed E-state index contributed by atoms with van der Waals surface area (Å²) in [6.07, 6.45) is 8.77. The minimum atomic E-state index is 0.135. The highest BCUT2D eigenvalue weighted by atomic mass is 15.0. The minimum absolute atomic E-state index is 0.135. The first-order chi connectivity index (χ1) is 15.9. The van der Waals surface area contributed by atoms with Crippen LogP contribution in [0.1, 0.15) is 70.4 Å². The largest absolute Gasteiger partial charge is 0.309 e. The van der Waals surface area contributed by atoms with Gasteiger partial charge in [-0.05, 0) is 103 Å². The van der Waals surface area contributed by atoms with Crippen molar-refractivity contribution in [2.45, 2.75) is 70.1 Å². The van der Waals surface area contributed by atoms with Gasteiger partial charge >= 0.3 is 0 Å². The third-order valence-corrected chi connectivity index (χ3v) is 9.30. The van der Waals surface area contributed by atoms with Gasteiger partial charge in [0.1, 0.15) is 0 Å². The summed E-state index contributed by atoms with van der Waals surface area (Å²) in [7, 11) is 0. The van der Waals surface area contributed by atoms with Gasteiger partial charge in [-0.2, -0.15) is 0 Å². The molecule has 1 heterocycles. The molecule has 4 aromatic rings. The van der Waals surface area contributed by atoms with Gasteiger partial charge in [0.15, 0.2) is 0 Å². The summed E-state index contributed by atoms with van der Waals surface area (Å²) < 4.78 is 2.53. The summed E-state index contributed by atoms with van der Waals surface area (Å²) in [6, 6.07) is 25.7. The lowest BCUT2D eigenvalue weighted by molar-refractivity contribution is -0.00513. The molecule has 1 heteroatoms. The molecule has 1 aromatic heterocycles. The lowest BCUT2D eigenvalue weighted by Crippen LogP contribution is -2.48. The molecule has 4 bridgehead atoms. The van der Waals surface area contributed by atoms with Crippen LogP contribution in [0, 0.1) is 17.8 Å².